The zero-order chi connectivity index (χ0) is 23.5. The van der Waals surface area contributed by atoms with Crippen LogP contribution in [-0.2, 0) is 21.4 Å². The maximum absolute atomic E-state index is 12.6. The molecule has 0 radical (unpaired) electrons. The second kappa shape index (κ2) is 9.33. The van der Waals surface area contributed by atoms with Crippen molar-refractivity contribution < 1.29 is 24.2 Å². The average molecular weight is 469 g/mol. The number of halogens is 1. The number of aliphatic carboxylic acids is 1. The Morgan fingerprint density at radius 1 is 1.12 bits per heavy atom. The number of fused-ring (bicyclic) bond motifs is 3. The van der Waals surface area contributed by atoms with Gasteiger partial charge in [-0.3, -0.25) is 14.3 Å². The van der Waals surface area contributed by atoms with Crippen molar-refractivity contribution >= 4 is 35.3 Å². The topological polar surface area (TPSA) is 123 Å². The Morgan fingerprint density at radius 2 is 1.73 bits per heavy atom. The fraction of sp³-hybridized carbons (Fsp3) is 0.217. The van der Waals surface area contributed by atoms with Crippen LogP contribution in [0.1, 0.15) is 23.5 Å². The Morgan fingerprint density at radius 3 is 2.27 bits per heavy atom. The van der Waals surface area contributed by atoms with Gasteiger partial charge in [0, 0.05) is 13.0 Å². The van der Waals surface area contributed by atoms with Crippen molar-refractivity contribution in [1.29, 1.82) is 0 Å². The number of amides is 2. The van der Waals surface area contributed by atoms with Crippen molar-refractivity contribution in [3.8, 4) is 11.1 Å². The molecule has 1 aromatic heterocycles. The number of benzene rings is 2. The smallest absolute Gasteiger partial charge is 0.407 e. The van der Waals surface area contributed by atoms with Gasteiger partial charge in [-0.2, -0.15) is 5.10 Å². The van der Waals surface area contributed by atoms with E-state index in [4.69, 9.17) is 16.3 Å². The average Bonchev–Trinajstić information content (AvgIpc) is 3.29. The number of hydrogen-bond acceptors (Lipinski definition) is 5. The van der Waals surface area contributed by atoms with Gasteiger partial charge in [-0.1, -0.05) is 60.1 Å². The number of alkyl carbamates (subject to hydrolysis) is 1. The molecule has 33 heavy (non-hydrogen) atoms. The number of nitrogens with zero attached hydrogens (tertiary/aromatic N) is 2. The number of rotatable bonds is 7. The largest absolute Gasteiger partial charge is 0.481 e. The van der Waals surface area contributed by atoms with Gasteiger partial charge in [0.25, 0.3) is 0 Å². The van der Waals surface area contributed by atoms with Crippen LogP contribution >= 0.6 is 11.6 Å². The summed E-state index contributed by atoms with van der Waals surface area (Å²) in [6, 6.07) is 14.4. The van der Waals surface area contributed by atoms with Crippen LogP contribution in [0, 0.1) is 0 Å². The van der Waals surface area contributed by atoms with Crippen molar-refractivity contribution in [1.82, 2.24) is 15.1 Å². The van der Waals surface area contributed by atoms with Crippen LogP contribution in [0.15, 0.2) is 54.7 Å². The molecule has 10 heteroatoms. The van der Waals surface area contributed by atoms with E-state index in [2.05, 4.69) is 15.7 Å². The first-order chi connectivity index (χ1) is 15.8. The fourth-order valence-electron chi connectivity index (χ4n) is 3.89. The minimum absolute atomic E-state index is 0.0374. The van der Waals surface area contributed by atoms with Crippen LogP contribution in [0.25, 0.3) is 11.1 Å². The van der Waals surface area contributed by atoms with Crippen molar-refractivity contribution in [3.63, 3.8) is 0 Å². The van der Waals surface area contributed by atoms with Crippen LogP contribution in [0.2, 0.25) is 5.15 Å². The number of anilines is 1. The van der Waals surface area contributed by atoms with Gasteiger partial charge in [0.1, 0.15) is 17.8 Å². The van der Waals surface area contributed by atoms with Gasteiger partial charge >= 0.3 is 12.1 Å². The Hall–Kier alpha value is -3.85. The molecule has 3 aromatic rings. The van der Waals surface area contributed by atoms with Gasteiger partial charge in [-0.25, -0.2) is 4.79 Å². The summed E-state index contributed by atoms with van der Waals surface area (Å²) >= 11 is 6.03. The lowest BCUT2D eigenvalue weighted by atomic mass is 9.98. The van der Waals surface area contributed by atoms with E-state index >= 15 is 0 Å². The summed E-state index contributed by atoms with van der Waals surface area (Å²) in [5.41, 5.74) is 4.45. The molecule has 2 amide bonds. The van der Waals surface area contributed by atoms with E-state index in [1.807, 2.05) is 48.5 Å². The SMILES string of the molecule is Cn1ncc(NC(=O)C(CC(=O)O)NC(=O)OCC2c3ccccc3-c3ccccc32)c1Cl. The van der Waals surface area contributed by atoms with E-state index in [9.17, 15) is 19.5 Å². The Kier molecular flexibility index (Phi) is 6.32. The number of hydrogen-bond donors (Lipinski definition) is 3. The molecule has 1 atom stereocenters. The van der Waals surface area contributed by atoms with Crippen molar-refractivity contribution in [2.45, 2.75) is 18.4 Å². The van der Waals surface area contributed by atoms with E-state index in [0.717, 1.165) is 22.3 Å². The quantitative estimate of drug-likeness (QED) is 0.488. The molecule has 2 aromatic carbocycles. The van der Waals surface area contributed by atoms with Gasteiger partial charge in [0.05, 0.1) is 18.3 Å². The molecular weight excluding hydrogens is 448 g/mol. The number of carbonyl (C=O) groups excluding carboxylic acids is 2. The summed E-state index contributed by atoms with van der Waals surface area (Å²) in [7, 11) is 1.58. The first kappa shape index (κ1) is 22.3. The molecule has 0 aliphatic heterocycles. The minimum Gasteiger partial charge on any atom is -0.481 e. The summed E-state index contributed by atoms with van der Waals surface area (Å²) in [6.07, 6.45) is -0.199. The first-order valence-corrected chi connectivity index (χ1v) is 10.5. The predicted octanol–water partition coefficient (Wildman–Crippen LogP) is 3.39. The van der Waals surface area contributed by atoms with Crippen molar-refractivity contribution in [3.05, 3.63) is 71.0 Å². The van der Waals surface area contributed by atoms with Gasteiger partial charge in [-0.05, 0) is 22.3 Å². The first-order valence-electron chi connectivity index (χ1n) is 10.2. The highest BCUT2D eigenvalue weighted by atomic mass is 35.5. The second-order valence-electron chi connectivity index (χ2n) is 7.58. The lowest BCUT2D eigenvalue weighted by molar-refractivity contribution is -0.139. The number of carboxylic acid groups (broad SMARTS) is 1. The molecule has 0 saturated heterocycles. The lowest BCUT2D eigenvalue weighted by Crippen LogP contribution is -2.45. The summed E-state index contributed by atoms with van der Waals surface area (Å²) < 4.78 is 6.75. The molecule has 1 unspecified atom stereocenters. The minimum atomic E-state index is -1.37. The zero-order valence-electron chi connectivity index (χ0n) is 17.6. The van der Waals surface area contributed by atoms with E-state index < -0.39 is 30.4 Å². The zero-order valence-corrected chi connectivity index (χ0v) is 18.4. The third kappa shape index (κ3) is 4.68. The molecule has 0 fully saturated rings. The Labute approximate surface area is 194 Å². The summed E-state index contributed by atoms with van der Waals surface area (Å²) in [5.74, 6) is -2.17. The number of aromatic nitrogens is 2. The van der Waals surface area contributed by atoms with E-state index in [1.54, 1.807) is 7.05 Å². The molecule has 3 N–H and O–H groups in total. The highest BCUT2D eigenvalue weighted by Gasteiger charge is 2.30. The maximum atomic E-state index is 12.6. The number of aryl methyl sites for hydroxylation is 1. The van der Waals surface area contributed by atoms with E-state index in [-0.39, 0.29) is 23.4 Å². The number of carboxylic acids is 1. The number of ether oxygens (including phenoxy) is 1. The fourth-order valence-corrected chi connectivity index (χ4v) is 4.03. The van der Waals surface area contributed by atoms with E-state index in [1.165, 1.54) is 10.9 Å². The molecule has 1 aliphatic carbocycles. The predicted molar refractivity (Wildman–Crippen MR) is 121 cm³/mol. The standard InChI is InChI=1S/C23H21ClN4O5/c1-28-21(24)19(11-25-28)26-22(31)18(10-20(29)30)27-23(32)33-12-17-15-8-4-2-6-13(15)14-7-3-5-9-16(14)17/h2-9,11,17-18H,10,12H2,1H3,(H,26,31)(H,27,32)(H,29,30). The van der Waals surface area contributed by atoms with Crippen LogP contribution in [0.5, 0.6) is 0 Å². The molecule has 170 valence electrons. The Bertz CT molecular complexity index is 1180. The molecule has 1 aliphatic rings. The summed E-state index contributed by atoms with van der Waals surface area (Å²) in [6.45, 7) is 0.0374. The summed E-state index contributed by atoms with van der Waals surface area (Å²) in [5, 5.41) is 18.1. The summed E-state index contributed by atoms with van der Waals surface area (Å²) in [4.78, 5) is 36.3. The van der Waals surface area contributed by atoms with Gasteiger partial charge in [0.15, 0.2) is 0 Å². The van der Waals surface area contributed by atoms with Crippen molar-refractivity contribution in [2.75, 3.05) is 11.9 Å². The van der Waals surface area contributed by atoms with Crippen LogP contribution in [-0.4, -0.2) is 45.5 Å². The maximum Gasteiger partial charge on any atom is 0.407 e. The van der Waals surface area contributed by atoms with Gasteiger partial charge in [0.2, 0.25) is 5.91 Å². The van der Waals surface area contributed by atoms with Crippen molar-refractivity contribution in [2.24, 2.45) is 7.05 Å². The Balaban J connectivity index is 1.43. The third-order valence-electron chi connectivity index (χ3n) is 5.46. The highest BCUT2D eigenvalue weighted by molar-refractivity contribution is 6.32. The molecule has 1 heterocycles. The van der Waals surface area contributed by atoms with Gasteiger partial charge in [-0.15, -0.1) is 0 Å². The molecule has 0 bridgehead atoms. The number of nitrogens with one attached hydrogen (secondary N) is 2. The molecule has 4 rings (SSSR count). The molecule has 9 nitrogen and oxygen atoms in total. The number of carbonyl (C=O) groups is 3. The lowest BCUT2D eigenvalue weighted by Gasteiger charge is -2.18. The third-order valence-corrected chi connectivity index (χ3v) is 5.90. The highest BCUT2D eigenvalue weighted by Crippen LogP contribution is 2.44. The normalized spacial score (nSPS) is 13.0. The molecule has 0 spiro atoms. The monoisotopic (exact) mass is 468 g/mol. The molecule has 0 saturated carbocycles. The van der Waals surface area contributed by atoms with Crippen LogP contribution in [0.4, 0.5) is 10.5 Å². The second-order valence-corrected chi connectivity index (χ2v) is 7.94. The van der Waals surface area contributed by atoms with Gasteiger partial charge < -0.3 is 20.5 Å². The van der Waals surface area contributed by atoms with Crippen LogP contribution in [0.3, 0.4) is 0 Å². The molecular formula is C23H21ClN4O5. The van der Waals surface area contributed by atoms with E-state index in [0.29, 0.717) is 0 Å². The van der Waals surface area contributed by atoms with Crippen LogP contribution < -0.4 is 10.6 Å².